The molecule has 0 radical (unpaired) electrons. The number of rotatable bonds is 7. The zero-order valence-electron chi connectivity index (χ0n) is 13.9. The van der Waals surface area contributed by atoms with Crippen molar-refractivity contribution in [3.05, 3.63) is 59.4 Å². The molecule has 136 valence electrons. The lowest BCUT2D eigenvalue weighted by molar-refractivity contribution is -0.645. The number of nitrogens with one attached hydrogen (secondary N) is 1. The van der Waals surface area contributed by atoms with Crippen LogP contribution in [-0.4, -0.2) is 29.6 Å². The van der Waals surface area contributed by atoms with Gasteiger partial charge < -0.3 is 21.0 Å². The normalized spacial score (nSPS) is 11.4. The van der Waals surface area contributed by atoms with Gasteiger partial charge in [-0.05, 0) is 49.0 Å². The van der Waals surface area contributed by atoms with Crippen LogP contribution in [0.2, 0.25) is 0 Å². The van der Waals surface area contributed by atoms with Crippen molar-refractivity contribution in [3.63, 3.8) is 0 Å². The minimum atomic E-state index is -1.02. The monoisotopic (exact) mass is 375 g/mol. The van der Waals surface area contributed by atoms with E-state index in [9.17, 15) is 19.6 Å². The van der Waals surface area contributed by atoms with Crippen molar-refractivity contribution in [2.24, 2.45) is 5.73 Å². The summed E-state index contributed by atoms with van der Waals surface area (Å²) in [5.74, 6) is -1.81. The Morgan fingerprint density at radius 3 is 2.54 bits per heavy atom. The molecule has 0 bridgehead atoms. The number of thioether (sulfide) groups is 1. The van der Waals surface area contributed by atoms with Crippen molar-refractivity contribution in [1.82, 2.24) is 0 Å². The zero-order valence-corrected chi connectivity index (χ0v) is 14.7. The molecule has 1 aromatic carbocycles. The van der Waals surface area contributed by atoms with Crippen molar-refractivity contribution >= 4 is 35.2 Å². The van der Waals surface area contributed by atoms with E-state index >= 15 is 0 Å². The molecule has 3 N–H and O–H groups in total. The number of amides is 2. The predicted octanol–water partition coefficient (Wildman–Crippen LogP) is 1.08. The van der Waals surface area contributed by atoms with E-state index in [2.05, 4.69) is 5.32 Å². The molecule has 2 amide bonds. The Morgan fingerprint density at radius 2 is 1.92 bits per heavy atom. The summed E-state index contributed by atoms with van der Waals surface area (Å²) in [4.78, 5) is 34.9. The van der Waals surface area contributed by atoms with Crippen LogP contribution in [0.4, 0.5) is 5.69 Å². The maximum atomic E-state index is 12.1. The van der Waals surface area contributed by atoms with Gasteiger partial charge in [-0.1, -0.05) is 0 Å². The largest absolute Gasteiger partial charge is 0.618 e. The second-order valence-corrected chi connectivity index (χ2v) is 6.21. The number of carbonyl (C=O) groups is 3. The summed E-state index contributed by atoms with van der Waals surface area (Å²) in [6, 6.07) is 10.8. The van der Waals surface area contributed by atoms with Crippen molar-refractivity contribution in [2.45, 2.75) is 18.1 Å². The van der Waals surface area contributed by atoms with Gasteiger partial charge in [0.25, 0.3) is 10.9 Å². The quantitative estimate of drug-likeness (QED) is 0.323. The predicted molar refractivity (Wildman–Crippen MR) is 95.3 cm³/mol. The average molecular weight is 375 g/mol. The van der Waals surface area contributed by atoms with E-state index < -0.39 is 23.9 Å². The fourth-order valence-electron chi connectivity index (χ4n) is 1.90. The van der Waals surface area contributed by atoms with Gasteiger partial charge in [0, 0.05) is 23.4 Å². The highest BCUT2D eigenvalue weighted by Crippen LogP contribution is 2.14. The number of anilines is 1. The van der Waals surface area contributed by atoms with Gasteiger partial charge in [0.1, 0.15) is 5.75 Å². The molecule has 1 unspecified atom stereocenters. The number of esters is 1. The summed E-state index contributed by atoms with van der Waals surface area (Å²) in [5, 5.41) is 14.4. The Kier molecular flexibility index (Phi) is 6.56. The lowest BCUT2D eigenvalue weighted by Crippen LogP contribution is -2.31. The Hall–Kier alpha value is -3.07. The Labute approximate surface area is 153 Å². The summed E-state index contributed by atoms with van der Waals surface area (Å²) >= 11 is 1.02. The third-order valence-corrected chi connectivity index (χ3v) is 4.23. The van der Waals surface area contributed by atoms with Crippen molar-refractivity contribution in [2.75, 3.05) is 11.1 Å². The number of carbonyl (C=O) groups excluding carboxylic acids is 3. The maximum absolute atomic E-state index is 12.1. The van der Waals surface area contributed by atoms with Gasteiger partial charge in [-0.3, -0.25) is 14.4 Å². The van der Waals surface area contributed by atoms with Gasteiger partial charge in [-0.2, -0.15) is 4.73 Å². The van der Waals surface area contributed by atoms with Crippen molar-refractivity contribution < 1.29 is 23.9 Å². The summed E-state index contributed by atoms with van der Waals surface area (Å²) in [5.41, 5.74) is 5.90. The number of benzene rings is 1. The third-order valence-electron chi connectivity index (χ3n) is 3.24. The molecular weight excluding hydrogens is 358 g/mol. The van der Waals surface area contributed by atoms with E-state index in [1.54, 1.807) is 18.2 Å². The molecule has 0 aliphatic carbocycles. The van der Waals surface area contributed by atoms with Gasteiger partial charge in [0.2, 0.25) is 5.91 Å². The number of ether oxygens (including phenoxy) is 1. The van der Waals surface area contributed by atoms with Crippen molar-refractivity contribution in [1.29, 1.82) is 0 Å². The molecule has 2 rings (SSSR count). The van der Waals surface area contributed by atoms with E-state index in [0.29, 0.717) is 21.0 Å². The van der Waals surface area contributed by atoms with Gasteiger partial charge >= 0.3 is 5.97 Å². The molecule has 0 spiro atoms. The Bertz CT molecular complexity index is 810. The average Bonchev–Trinajstić information content (AvgIpc) is 2.61. The maximum Gasteiger partial charge on any atom is 0.317 e. The molecule has 26 heavy (non-hydrogen) atoms. The molecule has 0 aliphatic rings. The highest BCUT2D eigenvalue weighted by molar-refractivity contribution is 7.99. The van der Waals surface area contributed by atoms with Crippen LogP contribution < -0.4 is 15.8 Å². The van der Waals surface area contributed by atoms with E-state index in [4.69, 9.17) is 10.5 Å². The minimum absolute atomic E-state index is 0.100. The van der Waals surface area contributed by atoms with Crippen LogP contribution in [0, 0.1) is 5.21 Å². The highest BCUT2D eigenvalue weighted by atomic mass is 32.2. The smallest absolute Gasteiger partial charge is 0.317 e. The van der Waals surface area contributed by atoms with Crippen LogP contribution in [0.5, 0.6) is 0 Å². The van der Waals surface area contributed by atoms with Gasteiger partial charge in [0.15, 0.2) is 12.3 Å². The molecule has 0 fully saturated rings. The van der Waals surface area contributed by atoms with Crippen LogP contribution in [0.3, 0.4) is 0 Å². The summed E-state index contributed by atoms with van der Waals surface area (Å²) in [7, 11) is 0. The van der Waals surface area contributed by atoms with Gasteiger partial charge in [0.05, 0.1) is 0 Å². The molecule has 1 atom stereocenters. The molecule has 0 saturated heterocycles. The van der Waals surface area contributed by atoms with E-state index in [1.165, 1.54) is 37.4 Å². The third kappa shape index (κ3) is 5.49. The summed E-state index contributed by atoms with van der Waals surface area (Å²) in [6.07, 6.45) is 0.307. The minimum Gasteiger partial charge on any atom is -0.618 e. The molecular formula is C17H17N3O5S. The molecule has 1 aromatic heterocycles. The van der Waals surface area contributed by atoms with Crippen LogP contribution in [0.25, 0.3) is 0 Å². The molecule has 0 saturated carbocycles. The number of aromatic nitrogens is 1. The van der Waals surface area contributed by atoms with E-state index in [1.807, 2.05) is 0 Å². The standard InChI is InChI=1S/C17H17N3O5S/c1-11(17(23)19-13-7-5-12(6-8-13)16(18)22)25-15(21)10-26-14-4-2-3-9-20(14)24/h2-9,11H,10H2,1H3,(H2,18,22)(H,19,23). The first-order valence-corrected chi connectivity index (χ1v) is 8.56. The molecule has 8 nitrogen and oxygen atoms in total. The fourth-order valence-corrected chi connectivity index (χ4v) is 2.60. The highest BCUT2D eigenvalue weighted by Gasteiger charge is 2.19. The second kappa shape index (κ2) is 8.86. The lowest BCUT2D eigenvalue weighted by atomic mass is 10.2. The first-order valence-electron chi connectivity index (χ1n) is 7.58. The topological polar surface area (TPSA) is 125 Å². The molecule has 2 aromatic rings. The van der Waals surface area contributed by atoms with E-state index in [-0.39, 0.29) is 5.75 Å². The number of nitrogens with two attached hydrogens (primary N) is 1. The van der Waals surface area contributed by atoms with Crippen LogP contribution in [-0.2, 0) is 14.3 Å². The van der Waals surface area contributed by atoms with Gasteiger partial charge in [-0.15, -0.1) is 0 Å². The summed E-state index contributed by atoms with van der Waals surface area (Å²) in [6.45, 7) is 1.44. The first-order chi connectivity index (χ1) is 12.4. The second-order valence-electron chi connectivity index (χ2n) is 5.22. The number of hydrogen-bond donors (Lipinski definition) is 2. The van der Waals surface area contributed by atoms with Crippen molar-refractivity contribution in [3.8, 4) is 0 Å². The van der Waals surface area contributed by atoms with E-state index in [0.717, 1.165) is 11.8 Å². The number of pyridine rings is 1. The van der Waals surface area contributed by atoms with Gasteiger partial charge in [-0.25, -0.2) is 0 Å². The SMILES string of the molecule is CC(OC(=O)CSc1cccc[n+]1[O-])C(=O)Nc1ccc(C(N)=O)cc1. The Morgan fingerprint density at radius 1 is 1.23 bits per heavy atom. The zero-order chi connectivity index (χ0) is 19.1. The number of primary amides is 1. The first kappa shape index (κ1) is 19.3. The molecule has 1 heterocycles. The fraction of sp³-hybridized carbons (Fsp3) is 0.176. The molecule has 0 aliphatic heterocycles. The molecule has 9 heteroatoms. The van der Waals surface area contributed by atoms with Crippen LogP contribution >= 0.6 is 11.8 Å². The number of hydrogen-bond acceptors (Lipinski definition) is 6. The number of nitrogens with zero attached hydrogens (tertiary/aromatic N) is 1. The lowest BCUT2D eigenvalue weighted by Gasteiger charge is -2.13. The van der Waals surface area contributed by atoms with Crippen LogP contribution in [0.15, 0.2) is 53.7 Å². The Balaban J connectivity index is 1.83. The van der Waals surface area contributed by atoms with Crippen LogP contribution in [0.1, 0.15) is 17.3 Å². The summed E-state index contributed by atoms with van der Waals surface area (Å²) < 4.78 is 5.69.